The van der Waals surface area contributed by atoms with E-state index in [1.807, 2.05) is 18.2 Å². The number of carbonyl (C=O) groups is 2. The zero-order chi connectivity index (χ0) is 19.3. The molecular formula is C20H29ClN4O4. The van der Waals surface area contributed by atoms with Crippen molar-refractivity contribution in [1.29, 1.82) is 0 Å². The Bertz CT molecular complexity index is 726. The van der Waals surface area contributed by atoms with Gasteiger partial charge in [-0.3, -0.25) is 9.59 Å². The van der Waals surface area contributed by atoms with E-state index >= 15 is 0 Å². The smallest absolute Gasteiger partial charge is 0.227 e. The van der Waals surface area contributed by atoms with Crippen molar-refractivity contribution in [3.05, 3.63) is 18.2 Å². The van der Waals surface area contributed by atoms with Crippen LogP contribution in [-0.4, -0.2) is 75.7 Å². The molecule has 1 aromatic rings. The van der Waals surface area contributed by atoms with Gasteiger partial charge in [-0.15, -0.1) is 12.4 Å². The minimum Gasteiger partial charge on any atom is -0.486 e. The zero-order valence-corrected chi connectivity index (χ0v) is 17.3. The molecule has 2 N–H and O–H groups in total. The minimum atomic E-state index is -0.306. The molecule has 0 aromatic heterocycles. The molecule has 0 saturated carbocycles. The molecule has 3 heterocycles. The first-order chi connectivity index (χ1) is 13.7. The summed E-state index contributed by atoms with van der Waals surface area (Å²) in [4.78, 5) is 29.0. The van der Waals surface area contributed by atoms with Crippen LogP contribution in [0.5, 0.6) is 11.5 Å². The van der Waals surface area contributed by atoms with E-state index < -0.39 is 0 Å². The van der Waals surface area contributed by atoms with Crippen LogP contribution in [0.15, 0.2) is 18.2 Å². The molecule has 1 aromatic carbocycles. The number of ether oxygens (including phenoxy) is 2. The average molecular weight is 425 g/mol. The SMILES string of the molecule is Cl.O=C(NCCCN1CCNCC1)C1CC(=O)N(c2ccc3c(c2)OCCO3)C1. The van der Waals surface area contributed by atoms with Gasteiger partial charge in [-0.25, -0.2) is 0 Å². The maximum Gasteiger partial charge on any atom is 0.227 e. The normalized spacial score (nSPS) is 21.6. The van der Waals surface area contributed by atoms with Gasteiger partial charge >= 0.3 is 0 Å². The summed E-state index contributed by atoms with van der Waals surface area (Å²) in [7, 11) is 0. The van der Waals surface area contributed by atoms with Crippen LogP contribution >= 0.6 is 12.4 Å². The quantitative estimate of drug-likeness (QED) is 0.652. The summed E-state index contributed by atoms with van der Waals surface area (Å²) >= 11 is 0. The number of anilines is 1. The third-order valence-electron chi connectivity index (χ3n) is 5.49. The van der Waals surface area contributed by atoms with Crippen molar-refractivity contribution >= 4 is 29.9 Å². The molecule has 2 amide bonds. The van der Waals surface area contributed by atoms with Crippen molar-refractivity contribution < 1.29 is 19.1 Å². The zero-order valence-electron chi connectivity index (χ0n) is 16.5. The van der Waals surface area contributed by atoms with Crippen LogP contribution in [0.25, 0.3) is 0 Å². The highest BCUT2D eigenvalue weighted by molar-refractivity contribution is 6.00. The summed E-state index contributed by atoms with van der Waals surface area (Å²) < 4.78 is 11.1. The van der Waals surface area contributed by atoms with E-state index in [9.17, 15) is 9.59 Å². The number of rotatable bonds is 6. The molecule has 4 rings (SSSR count). The molecule has 0 spiro atoms. The molecule has 2 saturated heterocycles. The third kappa shape index (κ3) is 5.32. The lowest BCUT2D eigenvalue weighted by molar-refractivity contribution is -0.126. The Kier molecular flexibility index (Phi) is 7.57. The van der Waals surface area contributed by atoms with E-state index in [4.69, 9.17) is 9.47 Å². The molecule has 1 unspecified atom stereocenters. The Hall–Kier alpha value is -2.03. The summed E-state index contributed by atoms with van der Waals surface area (Å²) in [6, 6.07) is 5.49. The number of carbonyl (C=O) groups excluding carboxylic acids is 2. The van der Waals surface area contributed by atoms with Crippen molar-refractivity contribution in [2.45, 2.75) is 12.8 Å². The van der Waals surface area contributed by atoms with Gasteiger partial charge in [-0.1, -0.05) is 0 Å². The number of hydrogen-bond acceptors (Lipinski definition) is 6. The highest BCUT2D eigenvalue weighted by Crippen LogP contribution is 2.35. The van der Waals surface area contributed by atoms with Gasteiger partial charge in [0.2, 0.25) is 11.8 Å². The number of nitrogens with zero attached hydrogens (tertiary/aromatic N) is 2. The van der Waals surface area contributed by atoms with Gasteiger partial charge in [0.1, 0.15) is 13.2 Å². The fourth-order valence-corrected chi connectivity index (χ4v) is 3.93. The Morgan fingerprint density at radius 3 is 2.72 bits per heavy atom. The fourth-order valence-electron chi connectivity index (χ4n) is 3.93. The molecular weight excluding hydrogens is 396 g/mol. The number of halogens is 1. The van der Waals surface area contributed by atoms with Crippen LogP contribution in [0.3, 0.4) is 0 Å². The van der Waals surface area contributed by atoms with Crippen molar-refractivity contribution in [3.8, 4) is 11.5 Å². The predicted molar refractivity (Wildman–Crippen MR) is 112 cm³/mol. The number of fused-ring (bicyclic) bond motifs is 1. The van der Waals surface area contributed by atoms with Crippen molar-refractivity contribution in [1.82, 2.24) is 15.5 Å². The Labute approximate surface area is 177 Å². The summed E-state index contributed by atoms with van der Waals surface area (Å²) in [5.41, 5.74) is 0.753. The third-order valence-corrected chi connectivity index (χ3v) is 5.49. The van der Waals surface area contributed by atoms with Crippen LogP contribution in [-0.2, 0) is 9.59 Å². The summed E-state index contributed by atoms with van der Waals surface area (Å²) in [6.07, 6.45) is 1.18. The molecule has 0 aliphatic carbocycles. The average Bonchev–Trinajstić information content (AvgIpc) is 3.13. The van der Waals surface area contributed by atoms with Crippen LogP contribution < -0.4 is 25.0 Å². The Morgan fingerprint density at radius 2 is 1.93 bits per heavy atom. The summed E-state index contributed by atoms with van der Waals surface area (Å²) in [6.45, 7) is 7.29. The lowest BCUT2D eigenvalue weighted by atomic mass is 10.1. The van der Waals surface area contributed by atoms with Gasteiger partial charge in [-0.05, 0) is 25.1 Å². The molecule has 29 heavy (non-hydrogen) atoms. The van der Waals surface area contributed by atoms with Crippen LogP contribution in [0.1, 0.15) is 12.8 Å². The van der Waals surface area contributed by atoms with E-state index in [0.29, 0.717) is 37.8 Å². The second-order valence-corrected chi connectivity index (χ2v) is 7.47. The molecule has 3 aliphatic heterocycles. The molecule has 0 bridgehead atoms. The molecule has 8 nitrogen and oxygen atoms in total. The lowest BCUT2D eigenvalue weighted by Gasteiger charge is -2.27. The number of hydrogen-bond donors (Lipinski definition) is 2. The van der Waals surface area contributed by atoms with Gasteiger partial charge in [0, 0.05) is 57.4 Å². The van der Waals surface area contributed by atoms with Crippen LogP contribution in [0.4, 0.5) is 5.69 Å². The molecule has 0 radical (unpaired) electrons. The largest absolute Gasteiger partial charge is 0.486 e. The van der Waals surface area contributed by atoms with Gasteiger partial charge in [-0.2, -0.15) is 0 Å². The Balaban J connectivity index is 0.00000240. The van der Waals surface area contributed by atoms with E-state index in [1.54, 1.807) is 4.90 Å². The number of piperazine rings is 1. The first-order valence-corrected chi connectivity index (χ1v) is 10.1. The van der Waals surface area contributed by atoms with Gasteiger partial charge in [0.25, 0.3) is 0 Å². The number of nitrogens with one attached hydrogen (secondary N) is 2. The van der Waals surface area contributed by atoms with Crippen molar-refractivity contribution in [2.24, 2.45) is 5.92 Å². The lowest BCUT2D eigenvalue weighted by Crippen LogP contribution is -2.44. The standard InChI is InChI=1S/C20H28N4O4.ClH/c25-19-12-15(20(26)22-4-1-7-23-8-5-21-6-9-23)14-24(19)16-2-3-17-18(13-16)28-11-10-27-17;/h2-3,13,15,21H,1,4-12,14H2,(H,22,26);1H. The van der Waals surface area contributed by atoms with Gasteiger partial charge < -0.3 is 29.9 Å². The molecule has 2 fully saturated rings. The highest BCUT2D eigenvalue weighted by atomic mass is 35.5. The fraction of sp³-hybridized carbons (Fsp3) is 0.600. The minimum absolute atomic E-state index is 0. The van der Waals surface area contributed by atoms with E-state index in [2.05, 4.69) is 15.5 Å². The van der Waals surface area contributed by atoms with Gasteiger partial charge in [0.15, 0.2) is 11.5 Å². The number of amides is 2. The van der Waals surface area contributed by atoms with Crippen LogP contribution in [0.2, 0.25) is 0 Å². The monoisotopic (exact) mass is 424 g/mol. The second-order valence-electron chi connectivity index (χ2n) is 7.47. The molecule has 9 heteroatoms. The van der Waals surface area contributed by atoms with E-state index in [1.165, 1.54) is 0 Å². The maximum atomic E-state index is 12.5. The number of benzene rings is 1. The molecule has 160 valence electrons. The van der Waals surface area contributed by atoms with E-state index in [-0.39, 0.29) is 36.6 Å². The van der Waals surface area contributed by atoms with Crippen LogP contribution in [0, 0.1) is 5.92 Å². The van der Waals surface area contributed by atoms with Gasteiger partial charge in [0.05, 0.1) is 5.92 Å². The van der Waals surface area contributed by atoms with Crippen molar-refractivity contribution in [3.63, 3.8) is 0 Å². The topological polar surface area (TPSA) is 83.1 Å². The second kappa shape index (κ2) is 10.1. The first kappa shape index (κ1) is 21.7. The van der Waals surface area contributed by atoms with Crippen molar-refractivity contribution in [2.75, 3.05) is 63.9 Å². The summed E-state index contributed by atoms with van der Waals surface area (Å²) in [5.74, 6) is 0.976. The Morgan fingerprint density at radius 1 is 1.17 bits per heavy atom. The molecule has 1 atom stereocenters. The highest BCUT2D eigenvalue weighted by Gasteiger charge is 2.35. The van der Waals surface area contributed by atoms with E-state index in [0.717, 1.165) is 44.8 Å². The molecule has 3 aliphatic rings. The maximum absolute atomic E-state index is 12.5. The first-order valence-electron chi connectivity index (χ1n) is 10.1. The predicted octanol–water partition coefficient (Wildman–Crippen LogP) is 0.644. The summed E-state index contributed by atoms with van der Waals surface area (Å²) in [5, 5.41) is 6.34.